The van der Waals surface area contributed by atoms with Gasteiger partial charge in [0, 0.05) is 14.1 Å². The second-order valence-electron chi connectivity index (χ2n) is 5.36. The maximum Gasteiger partial charge on any atom is 0.264 e. The van der Waals surface area contributed by atoms with Crippen molar-refractivity contribution in [1.82, 2.24) is 4.90 Å². The summed E-state index contributed by atoms with van der Waals surface area (Å²) in [5, 5.41) is 9.10. The van der Waals surface area contributed by atoms with Crippen LogP contribution in [0.2, 0.25) is 0 Å². The number of benzene rings is 2. The van der Waals surface area contributed by atoms with E-state index in [1.165, 1.54) is 10.5 Å². The van der Waals surface area contributed by atoms with Gasteiger partial charge in [-0.3, -0.25) is 4.79 Å². The van der Waals surface area contributed by atoms with Gasteiger partial charge in [0.1, 0.15) is 11.6 Å². The maximum absolute atomic E-state index is 11.8. The first-order valence-electron chi connectivity index (χ1n) is 7.02. The Kier molecular flexibility index (Phi) is 4.75. The van der Waals surface area contributed by atoms with Crippen LogP contribution in [0, 0.1) is 18.3 Å². The highest BCUT2D eigenvalue weighted by Crippen LogP contribution is 2.21. The average molecular weight is 290 g/mol. The van der Waals surface area contributed by atoms with Gasteiger partial charge >= 0.3 is 0 Å². The monoisotopic (exact) mass is 290 g/mol. The van der Waals surface area contributed by atoms with Crippen LogP contribution in [0.3, 0.4) is 0 Å². The SMILES string of the molecule is Cc1ccc(-c2ccc(/C=C(\C#N)C(=O)N(C)C)cc2)cc1. The third-order valence-electron chi connectivity index (χ3n) is 3.36. The van der Waals surface area contributed by atoms with Gasteiger partial charge < -0.3 is 4.90 Å². The molecule has 0 saturated carbocycles. The molecule has 0 aliphatic rings. The van der Waals surface area contributed by atoms with Gasteiger partial charge in [-0.1, -0.05) is 54.1 Å². The van der Waals surface area contributed by atoms with Gasteiger partial charge in [0.25, 0.3) is 5.91 Å². The van der Waals surface area contributed by atoms with Gasteiger partial charge in [-0.15, -0.1) is 0 Å². The zero-order chi connectivity index (χ0) is 16.1. The maximum atomic E-state index is 11.8. The summed E-state index contributed by atoms with van der Waals surface area (Å²) in [6.45, 7) is 2.06. The fourth-order valence-corrected chi connectivity index (χ4v) is 2.07. The fraction of sp³-hybridized carbons (Fsp3) is 0.158. The molecule has 2 aromatic rings. The molecular weight excluding hydrogens is 272 g/mol. The molecule has 0 spiro atoms. The van der Waals surface area contributed by atoms with Crippen LogP contribution in [0.5, 0.6) is 0 Å². The smallest absolute Gasteiger partial charge is 0.264 e. The Morgan fingerprint density at radius 3 is 1.95 bits per heavy atom. The van der Waals surface area contributed by atoms with Crippen molar-refractivity contribution in [3.63, 3.8) is 0 Å². The number of aryl methyl sites for hydroxylation is 1. The van der Waals surface area contributed by atoms with Gasteiger partial charge in [0.05, 0.1) is 0 Å². The van der Waals surface area contributed by atoms with Crippen LogP contribution in [0.15, 0.2) is 54.1 Å². The van der Waals surface area contributed by atoms with E-state index in [1.54, 1.807) is 20.2 Å². The van der Waals surface area contributed by atoms with Crippen molar-refractivity contribution in [2.24, 2.45) is 0 Å². The van der Waals surface area contributed by atoms with E-state index in [-0.39, 0.29) is 11.5 Å². The van der Waals surface area contributed by atoms with Crippen LogP contribution in [-0.4, -0.2) is 24.9 Å². The topological polar surface area (TPSA) is 44.1 Å². The van der Waals surface area contributed by atoms with E-state index in [9.17, 15) is 4.79 Å². The number of nitriles is 1. The first-order chi connectivity index (χ1) is 10.5. The number of rotatable bonds is 3. The zero-order valence-electron chi connectivity index (χ0n) is 13.0. The summed E-state index contributed by atoms with van der Waals surface area (Å²) in [7, 11) is 3.27. The lowest BCUT2D eigenvalue weighted by molar-refractivity contribution is -0.124. The van der Waals surface area contributed by atoms with E-state index in [0.717, 1.165) is 16.7 Å². The second-order valence-corrected chi connectivity index (χ2v) is 5.36. The summed E-state index contributed by atoms with van der Waals surface area (Å²) in [5.74, 6) is -0.287. The highest BCUT2D eigenvalue weighted by Gasteiger charge is 2.10. The third-order valence-corrected chi connectivity index (χ3v) is 3.36. The highest BCUT2D eigenvalue weighted by molar-refractivity contribution is 6.01. The summed E-state index contributed by atoms with van der Waals surface area (Å²) in [6.07, 6.45) is 1.61. The molecule has 0 radical (unpaired) electrons. The lowest BCUT2D eigenvalue weighted by Gasteiger charge is -2.08. The molecule has 0 heterocycles. The molecule has 2 rings (SSSR count). The predicted molar refractivity (Wildman–Crippen MR) is 88.9 cm³/mol. The van der Waals surface area contributed by atoms with Crippen molar-refractivity contribution in [1.29, 1.82) is 5.26 Å². The molecule has 1 amide bonds. The molecule has 0 bridgehead atoms. The van der Waals surface area contributed by atoms with Crippen LogP contribution in [0.4, 0.5) is 0 Å². The molecule has 0 unspecified atom stereocenters. The van der Waals surface area contributed by atoms with Crippen LogP contribution < -0.4 is 0 Å². The highest BCUT2D eigenvalue weighted by atomic mass is 16.2. The van der Waals surface area contributed by atoms with Crippen molar-refractivity contribution in [2.45, 2.75) is 6.92 Å². The minimum Gasteiger partial charge on any atom is -0.344 e. The Labute approximate surface area is 131 Å². The summed E-state index contributed by atoms with van der Waals surface area (Å²) >= 11 is 0. The largest absolute Gasteiger partial charge is 0.344 e. The van der Waals surface area contributed by atoms with Crippen LogP contribution in [0.25, 0.3) is 17.2 Å². The van der Waals surface area contributed by atoms with Gasteiger partial charge in [-0.25, -0.2) is 0 Å². The van der Waals surface area contributed by atoms with Crippen molar-refractivity contribution in [3.05, 3.63) is 65.2 Å². The lowest BCUT2D eigenvalue weighted by atomic mass is 10.0. The Bertz CT molecular complexity index is 732. The van der Waals surface area contributed by atoms with Crippen molar-refractivity contribution in [3.8, 4) is 17.2 Å². The molecule has 110 valence electrons. The van der Waals surface area contributed by atoms with E-state index < -0.39 is 0 Å². The molecule has 0 atom stereocenters. The van der Waals surface area contributed by atoms with E-state index >= 15 is 0 Å². The van der Waals surface area contributed by atoms with Crippen LogP contribution in [0.1, 0.15) is 11.1 Å². The number of carbonyl (C=O) groups excluding carboxylic acids is 1. The number of hydrogen-bond donors (Lipinski definition) is 0. The van der Waals surface area contributed by atoms with Crippen LogP contribution >= 0.6 is 0 Å². The standard InChI is InChI=1S/C19H18N2O/c1-14-4-8-16(9-5-14)17-10-6-15(7-11-17)12-18(13-20)19(22)21(2)3/h4-12H,1-3H3/b18-12+. The molecule has 0 N–H and O–H groups in total. The summed E-state index contributed by atoms with van der Waals surface area (Å²) in [5.41, 5.74) is 4.44. The number of likely N-dealkylation sites (N-methyl/N-ethyl adjacent to an activating group) is 1. The number of amides is 1. The molecule has 0 aliphatic carbocycles. The summed E-state index contributed by atoms with van der Waals surface area (Å²) in [4.78, 5) is 13.2. The summed E-state index contributed by atoms with van der Waals surface area (Å²) in [6, 6.07) is 18.1. The van der Waals surface area contributed by atoms with Crippen molar-refractivity contribution >= 4 is 12.0 Å². The molecule has 22 heavy (non-hydrogen) atoms. The zero-order valence-corrected chi connectivity index (χ0v) is 13.0. The van der Waals surface area contributed by atoms with Gasteiger partial charge in [-0.2, -0.15) is 5.26 Å². The first-order valence-corrected chi connectivity index (χ1v) is 7.02. The minimum absolute atomic E-state index is 0.132. The quantitative estimate of drug-likeness (QED) is 0.639. The Hall–Kier alpha value is -2.86. The van der Waals surface area contributed by atoms with Gasteiger partial charge in [-0.05, 0) is 29.7 Å². The van der Waals surface area contributed by atoms with Crippen LogP contribution in [-0.2, 0) is 4.79 Å². The fourth-order valence-electron chi connectivity index (χ4n) is 2.07. The predicted octanol–water partition coefficient (Wildman–Crippen LogP) is 3.66. The molecule has 2 aromatic carbocycles. The van der Waals surface area contributed by atoms with E-state index in [2.05, 4.69) is 31.2 Å². The summed E-state index contributed by atoms with van der Waals surface area (Å²) < 4.78 is 0. The third kappa shape index (κ3) is 3.62. The Balaban J connectivity index is 2.27. The Morgan fingerprint density at radius 1 is 1.00 bits per heavy atom. The molecule has 0 aromatic heterocycles. The molecule has 0 aliphatic heterocycles. The van der Waals surface area contributed by atoms with Crippen molar-refractivity contribution in [2.75, 3.05) is 14.1 Å². The first kappa shape index (κ1) is 15.5. The number of hydrogen-bond acceptors (Lipinski definition) is 2. The molecule has 0 fully saturated rings. The Morgan fingerprint density at radius 2 is 1.50 bits per heavy atom. The van der Waals surface area contributed by atoms with Gasteiger partial charge in [0.15, 0.2) is 0 Å². The van der Waals surface area contributed by atoms with E-state index in [1.807, 2.05) is 30.3 Å². The normalized spacial score (nSPS) is 10.9. The molecule has 3 nitrogen and oxygen atoms in total. The number of nitrogens with zero attached hydrogens (tertiary/aromatic N) is 2. The van der Waals surface area contributed by atoms with Crippen molar-refractivity contribution < 1.29 is 4.79 Å². The minimum atomic E-state index is -0.287. The molecule has 0 saturated heterocycles. The van der Waals surface area contributed by atoms with E-state index in [4.69, 9.17) is 5.26 Å². The second kappa shape index (κ2) is 6.73. The molecular formula is C19H18N2O. The average Bonchev–Trinajstić information content (AvgIpc) is 2.53. The van der Waals surface area contributed by atoms with Gasteiger partial charge in [0.2, 0.25) is 0 Å². The lowest BCUT2D eigenvalue weighted by Crippen LogP contribution is -2.22. The molecule has 3 heteroatoms. The van der Waals surface area contributed by atoms with E-state index in [0.29, 0.717) is 0 Å². The number of carbonyl (C=O) groups is 1.